The quantitative estimate of drug-likeness (QED) is 0.653. The number of nitrogens with zero attached hydrogens (tertiary/aromatic N) is 1. The summed E-state index contributed by atoms with van der Waals surface area (Å²) >= 11 is 0. The summed E-state index contributed by atoms with van der Waals surface area (Å²) in [4.78, 5) is 2.29. The molecule has 0 saturated carbocycles. The molecule has 0 aromatic carbocycles. The third-order valence-electron chi connectivity index (χ3n) is 2.25. The molecule has 0 rings (SSSR count). The van der Waals surface area contributed by atoms with Crippen molar-refractivity contribution in [2.45, 2.75) is 74.3 Å². The topological polar surface area (TPSA) is 3.24 Å². The Kier molecular flexibility index (Phi) is 22.3. The molecule has 0 aromatic rings. The van der Waals surface area contributed by atoms with Gasteiger partial charge in [0.05, 0.1) is 0 Å². The monoisotopic (exact) mass is 217 g/mol. The zero-order valence-electron chi connectivity index (χ0n) is 12.7. The maximum absolute atomic E-state index is 2.29. The second-order valence-corrected chi connectivity index (χ2v) is 4.35. The van der Waals surface area contributed by atoms with E-state index in [0.717, 1.165) is 12.5 Å². The van der Waals surface area contributed by atoms with Crippen LogP contribution in [-0.2, 0) is 0 Å². The van der Waals surface area contributed by atoms with E-state index < -0.39 is 0 Å². The molecule has 0 atom stereocenters. The molecule has 0 aliphatic rings. The molecule has 15 heavy (non-hydrogen) atoms. The number of hydrogen-bond acceptors (Lipinski definition) is 1. The van der Waals surface area contributed by atoms with E-state index in [0.29, 0.717) is 6.04 Å². The molecular formula is C14H35N. The summed E-state index contributed by atoms with van der Waals surface area (Å²) in [5, 5.41) is 0. The summed E-state index contributed by atoms with van der Waals surface area (Å²) in [5.74, 6) is 0.898. The summed E-state index contributed by atoms with van der Waals surface area (Å²) in [5.41, 5.74) is 0. The van der Waals surface area contributed by atoms with E-state index in [1.165, 1.54) is 12.8 Å². The third-order valence-corrected chi connectivity index (χ3v) is 2.25. The standard InChI is InChI=1S/C6H15N.C6H14.C2H6/c1-5-7(4)6(2)3;1-4-5-6(2)3;1-2/h6H,5H2,1-4H3;6H,4-5H2,1-3H3;1-2H3. The van der Waals surface area contributed by atoms with Crippen LogP contribution in [0.2, 0.25) is 0 Å². The summed E-state index contributed by atoms with van der Waals surface area (Å²) in [7, 11) is 2.13. The molecule has 0 bridgehead atoms. The van der Waals surface area contributed by atoms with Crippen molar-refractivity contribution in [1.29, 1.82) is 0 Å². The summed E-state index contributed by atoms with van der Waals surface area (Å²) in [6, 6.07) is 0.699. The van der Waals surface area contributed by atoms with Crippen LogP contribution in [0.15, 0.2) is 0 Å². The van der Waals surface area contributed by atoms with Crippen LogP contribution in [0, 0.1) is 5.92 Å². The van der Waals surface area contributed by atoms with Gasteiger partial charge in [-0.3, -0.25) is 0 Å². The highest BCUT2D eigenvalue weighted by molar-refractivity contribution is 4.51. The molecule has 0 N–H and O–H groups in total. The van der Waals surface area contributed by atoms with Crippen molar-refractivity contribution in [2.24, 2.45) is 5.92 Å². The Morgan fingerprint density at radius 1 is 0.933 bits per heavy atom. The van der Waals surface area contributed by atoms with E-state index in [1.807, 2.05) is 13.8 Å². The lowest BCUT2D eigenvalue weighted by molar-refractivity contribution is 0.289. The van der Waals surface area contributed by atoms with E-state index in [1.54, 1.807) is 0 Å². The largest absolute Gasteiger partial charge is 0.304 e. The molecule has 0 aromatic heterocycles. The van der Waals surface area contributed by atoms with Gasteiger partial charge in [0, 0.05) is 6.04 Å². The van der Waals surface area contributed by atoms with Gasteiger partial charge < -0.3 is 4.90 Å². The first kappa shape index (κ1) is 20.4. The molecule has 96 valence electrons. The first-order chi connectivity index (χ1) is 6.95. The molecular weight excluding hydrogens is 182 g/mol. The van der Waals surface area contributed by atoms with Gasteiger partial charge in [-0.1, -0.05) is 54.4 Å². The predicted octanol–water partition coefficient (Wildman–Crippen LogP) is 4.82. The van der Waals surface area contributed by atoms with Gasteiger partial charge >= 0.3 is 0 Å². The second kappa shape index (κ2) is 16.4. The molecule has 0 unspecified atom stereocenters. The van der Waals surface area contributed by atoms with Gasteiger partial charge in [-0.2, -0.15) is 0 Å². The maximum Gasteiger partial charge on any atom is 0.00354 e. The van der Waals surface area contributed by atoms with E-state index in [2.05, 4.69) is 53.5 Å². The lowest BCUT2D eigenvalue weighted by Gasteiger charge is -2.17. The molecule has 0 amide bonds. The Balaban J connectivity index is -0.000000166. The van der Waals surface area contributed by atoms with Crippen LogP contribution in [0.3, 0.4) is 0 Å². The van der Waals surface area contributed by atoms with Crippen molar-refractivity contribution in [3.8, 4) is 0 Å². The molecule has 1 nitrogen and oxygen atoms in total. The Morgan fingerprint density at radius 2 is 1.33 bits per heavy atom. The van der Waals surface area contributed by atoms with Crippen LogP contribution < -0.4 is 0 Å². The van der Waals surface area contributed by atoms with E-state index >= 15 is 0 Å². The Hall–Kier alpha value is -0.0400. The van der Waals surface area contributed by atoms with Crippen LogP contribution in [0.5, 0.6) is 0 Å². The zero-order valence-corrected chi connectivity index (χ0v) is 12.7. The Morgan fingerprint density at radius 3 is 1.33 bits per heavy atom. The molecule has 0 spiro atoms. The highest BCUT2D eigenvalue weighted by Crippen LogP contribution is 2.00. The molecule has 0 heterocycles. The molecule has 0 radical (unpaired) electrons. The van der Waals surface area contributed by atoms with E-state index in [-0.39, 0.29) is 0 Å². The lowest BCUT2D eigenvalue weighted by atomic mass is 10.1. The van der Waals surface area contributed by atoms with Crippen LogP contribution in [0.25, 0.3) is 0 Å². The van der Waals surface area contributed by atoms with Crippen molar-refractivity contribution < 1.29 is 0 Å². The van der Waals surface area contributed by atoms with Crippen molar-refractivity contribution in [1.82, 2.24) is 4.90 Å². The minimum absolute atomic E-state index is 0.699. The molecule has 0 saturated heterocycles. The van der Waals surface area contributed by atoms with Crippen LogP contribution in [0.4, 0.5) is 0 Å². The van der Waals surface area contributed by atoms with Crippen molar-refractivity contribution in [3.05, 3.63) is 0 Å². The first-order valence-electron chi connectivity index (χ1n) is 6.65. The summed E-state index contributed by atoms with van der Waals surface area (Å²) in [6.45, 7) is 18.4. The number of rotatable bonds is 4. The lowest BCUT2D eigenvalue weighted by Crippen LogP contribution is -2.25. The van der Waals surface area contributed by atoms with Crippen LogP contribution in [0.1, 0.15) is 68.2 Å². The fourth-order valence-electron chi connectivity index (χ4n) is 0.942. The fraction of sp³-hybridized carbons (Fsp3) is 1.00. The average Bonchev–Trinajstić information content (AvgIpc) is 2.20. The van der Waals surface area contributed by atoms with Gasteiger partial charge in [-0.25, -0.2) is 0 Å². The fourth-order valence-corrected chi connectivity index (χ4v) is 0.942. The van der Waals surface area contributed by atoms with Gasteiger partial charge in [0.15, 0.2) is 0 Å². The summed E-state index contributed by atoms with van der Waals surface area (Å²) < 4.78 is 0. The van der Waals surface area contributed by atoms with Crippen LogP contribution in [-0.4, -0.2) is 24.5 Å². The van der Waals surface area contributed by atoms with Gasteiger partial charge in [-0.05, 0) is 33.4 Å². The average molecular weight is 217 g/mol. The SMILES string of the molecule is CC.CCCC(C)C.CCN(C)C(C)C. The number of hydrogen-bond donors (Lipinski definition) is 0. The Bertz CT molecular complexity index is 87.3. The summed E-state index contributed by atoms with van der Waals surface area (Å²) in [6.07, 6.45) is 2.71. The second-order valence-electron chi connectivity index (χ2n) is 4.35. The minimum Gasteiger partial charge on any atom is -0.304 e. The molecule has 1 heteroatoms. The van der Waals surface area contributed by atoms with Gasteiger partial charge in [0.1, 0.15) is 0 Å². The first-order valence-corrected chi connectivity index (χ1v) is 6.65. The van der Waals surface area contributed by atoms with E-state index in [9.17, 15) is 0 Å². The van der Waals surface area contributed by atoms with Crippen LogP contribution >= 0.6 is 0 Å². The van der Waals surface area contributed by atoms with Crippen molar-refractivity contribution in [2.75, 3.05) is 13.6 Å². The van der Waals surface area contributed by atoms with Gasteiger partial charge in [0.2, 0.25) is 0 Å². The predicted molar refractivity (Wildman–Crippen MR) is 74.5 cm³/mol. The van der Waals surface area contributed by atoms with E-state index in [4.69, 9.17) is 0 Å². The molecule has 0 fully saturated rings. The van der Waals surface area contributed by atoms with Crippen molar-refractivity contribution in [3.63, 3.8) is 0 Å². The highest BCUT2D eigenvalue weighted by Gasteiger charge is 1.95. The van der Waals surface area contributed by atoms with Gasteiger partial charge in [0.25, 0.3) is 0 Å². The molecule has 0 aliphatic heterocycles. The maximum atomic E-state index is 2.29. The normalized spacial score (nSPS) is 9.60. The highest BCUT2D eigenvalue weighted by atomic mass is 15.1. The minimum atomic E-state index is 0.699. The molecule has 0 aliphatic carbocycles. The van der Waals surface area contributed by atoms with Crippen molar-refractivity contribution >= 4 is 0 Å². The third kappa shape index (κ3) is 24.9. The smallest absolute Gasteiger partial charge is 0.00354 e. The van der Waals surface area contributed by atoms with Gasteiger partial charge in [-0.15, -0.1) is 0 Å². The Labute approximate surface area is 99.3 Å². The zero-order chi connectivity index (χ0) is 12.9.